The SMILES string of the molecule is c1cnc(CNCc2cccc3c2OCO3)nc1. The van der Waals surface area contributed by atoms with Gasteiger partial charge in [-0.05, 0) is 12.1 Å². The molecule has 0 fully saturated rings. The van der Waals surface area contributed by atoms with Crippen molar-refractivity contribution in [3.8, 4) is 11.5 Å². The molecule has 1 aromatic heterocycles. The van der Waals surface area contributed by atoms with Gasteiger partial charge in [-0.2, -0.15) is 0 Å². The number of fused-ring (bicyclic) bond motifs is 1. The van der Waals surface area contributed by atoms with Gasteiger partial charge in [-0.15, -0.1) is 0 Å². The van der Waals surface area contributed by atoms with Gasteiger partial charge in [0.1, 0.15) is 5.82 Å². The van der Waals surface area contributed by atoms with Gasteiger partial charge >= 0.3 is 0 Å². The maximum absolute atomic E-state index is 5.44. The van der Waals surface area contributed by atoms with Crippen molar-refractivity contribution >= 4 is 0 Å². The molecule has 0 saturated carbocycles. The molecule has 0 radical (unpaired) electrons. The highest BCUT2D eigenvalue weighted by Gasteiger charge is 2.16. The molecule has 2 aromatic rings. The molecule has 2 heterocycles. The number of ether oxygens (including phenoxy) is 2. The molecule has 0 unspecified atom stereocenters. The Morgan fingerprint density at radius 2 is 1.94 bits per heavy atom. The average Bonchev–Trinajstić information content (AvgIpc) is 2.89. The number of para-hydroxylation sites is 1. The van der Waals surface area contributed by atoms with Gasteiger partial charge < -0.3 is 14.8 Å². The molecule has 1 N–H and O–H groups in total. The van der Waals surface area contributed by atoms with Crippen LogP contribution in [0.2, 0.25) is 0 Å². The van der Waals surface area contributed by atoms with Gasteiger partial charge in [0, 0.05) is 24.5 Å². The van der Waals surface area contributed by atoms with Gasteiger partial charge in [-0.1, -0.05) is 12.1 Å². The molecule has 92 valence electrons. The molecule has 0 atom stereocenters. The highest BCUT2D eigenvalue weighted by atomic mass is 16.7. The summed E-state index contributed by atoms with van der Waals surface area (Å²) in [6.07, 6.45) is 3.47. The summed E-state index contributed by atoms with van der Waals surface area (Å²) in [5.74, 6) is 2.42. The first-order valence-electron chi connectivity index (χ1n) is 5.77. The van der Waals surface area contributed by atoms with E-state index in [0.717, 1.165) is 22.9 Å². The van der Waals surface area contributed by atoms with Gasteiger partial charge in [0.05, 0.1) is 6.54 Å². The summed E-state index contributed by atoms with van der Waals surface area (Å²) < 4.78 is 10.8. The zero-order valence-electron chi connectivity index (χ0n) is 9.80. The average molecular weight is 243 g/mol. The Kier molecular flexibility index (Phi) is 3.06. The molecule has 0 saturated heterocycles. The second-order valence-corrected chi connectivity index (χ2v) is 3.92. The van der Waals surface area contributed by atoms with E-state index in [4.69, 9.17) is 9.47 Å². The summed E-state index contributed by atoms with van der Waals surface area (Å²) in [4.78, 5) is 8.31. The predicted octanol–water partition coefficient (Wildman–Crippen LogP) is 1.50. The van der Waals surface area contributed by atoms with Crippen molar-refractivity contribution in [1.29, 1.82) is 0 Å². The van der Waals surface area contributed by atoms with Crippen LogP contribution in [0.4, 0.5) is 0 Å². The van der Waals surface area contributed by atoms with Crippen molar-refractivity contribution in [2.45, 2.75) is 13.1 Å². The summed E-state index contributed by atoms with van der Waals surface area (Å²) in [5, 5.41) is 3.29. The number of benzene rings is 1. The third-order valence-electron chi connectivity index (χ3n) is 2.70. The van der Waals surface area contributed by atoms with Crippen molar-refractivity contribution < 1.29 is 9.47 Å². The lowest BCUT2D eigenvalue weighted by Crippen LogP contribution is -2.15. The maximum Gasteiger partial charge on any atom is 0.231 e. The summed E-state index contributed by atoms with van der Waals surface area (Å²) in [5.41, 5.74) is 1.08. The molecule has 0 amide bonds. The quantitative estimate of drug-likeness (QED) is 0.881. The van der Waals surface area contributed by atoms with Gasteiger partial charge in [0.25, 0.3) is 0 Å². The van der Waals surface area contributed by atoms with Crippen LogP contribution in [0.5, 0.6) is 11.5 Å². The molecule has 5 nitrogen and oxygen atoms in total. The van der Waals surface area contributed by atoms with E-state index in [-0.39, 0.29) is 0 Å². The van der Waals surface area contributed by atoms with E-state index < -0.39 is 0 Å². The van der Waals surface area contributed by atoms with Gasteiger partial charge in [0.15, 0.2) is 11.5 Å². The smallest absolute Gasteiger partial charge is 0.231 e. The first-order chi connectivity index (χ1) is 8.93. The van der Waals surface area contributed by atoms with E-state index in [2.05, 4.69) is 15.3 Å². The lowest BCUT2D eigenvalue weighted by molar-refractivity contribution is 0.173. The summed E-state index contributed by atoms with van der Waals surface area (Å²) >= 11 is 0. The Bertz CT molecular complexity index is 531. The Balaban J connectivity index is 1.63. The molecule has 5 heteroatoms. The summed E-state index contributed by atoms with van der Waals surface area (Å²) in [6.45, 7) is 1.63. The van der Waals surface area contributed by atoms with E-state index >= 15 is 0 Å². The molecule has 3 rings (SSSR count). The molecule has 0 aliphatic carbocycles. The van der Waals surface area contributed by atoms with Crippen LogP contribution < -0.4 is 14.8 Å². The molecule has 1 aliphatic rings. The predicted molar refractivity (Wildman–Crippen MR) is 65.1 cm³/mol. The normalized spacial score (nSPS) is 12.7. The zero-order valence-corrected chi connectivity index (χ0v) is 9.80. The first kappa shape index (κ1) is 11.0. The minimum atomic E-state index is 0.300. The second-order valence-electron chi connectivity index (χ2n) is 3.92. The molecule has 0 bridgehead atoms. The topological polar surface area (TPSA) is 56.3 Å². The van der Waals surface area contributed by atoms with Crippen molar-refractivity contribution in [1.82, 2.24) is 15.3 Å². The molecule has 1 aliphatic heterocycles. The lowest BCUT2D eigenvalue weighted by atomic mass is 10.2. The Morgan fingerprint density at radius 1 is 1.06 bits per heavy atom. The van der Waals surface area contributed by atoms with Gasteiger partial charge in [-0.25, -0.2) is 9.97 Å². The van der Waals surface area contributed by atoms with Crippen LogP contribution in [0, 0.1) is 0 Å². The Hall–Kier alpha value is -2.14. The van der Waals surface area contributed by atoms with Gasteiger partial charge in [0.2, 0.25) is 6.79 Å². The largest absolute Gasteiger partial charge is 0.454 e. The fourth-order valence-corrected chi connectivity index (χ4v) is 1.86. The lowest BCUT2D eigenvalue weighted by Gasteiger charge is -2.06. The fraction of sp³-hybridized carbons (Fsp3) is 0.231. The van der Waals surface area contributed by atoms with E-state index in [1.54, 1.807) is 18.5 Å². The van der Waals surface area contributed by atoms with Crippen molar-refractivity contribution in [3.05, 3.63) is 48.0 Å². The Morgan fingerprint density at radius 3 is 2.83 bits per heavy atom. The van der Waals surface area contributed by atoms with Crippen LogP contribution in [-0.4, -0.2) is 16.8 Å². The van der Waals surface area contributed by atoms with E-state index in [9.17, 15) is 0 Å². The number of aromatic nitrogens is 2. The maximum atomic E-state index is 5.44. The van der Waals surface area contributed by atoms with E-state index in [0.29, 0.717) is 19.9 Å². The monoisotopic (exact) mass is 243 g/mol. The summed E-state index contributed by atoms with van der Waals surface area (Å²) in [6, 6.07) is 7.70. The molecule has 1 aromatic carbocycles. The number of hydrogen-bond donors (Lipinski definition) is 1. The number of nitrogens with zero attached hydrogens (tertiary/aromatic N) is 2. The van der Waals surface area contributed by atoms with Crippen LogP contribution in [-0.2, 0) is 13.1 Å². The first-order valence-corrected chi connectivity index (χ1v) is 5.77. The standard InChI is InChI=1S/C13H13N3O2/c1-3-10(13-11(4-1)17-9-18-13)7-14-8-12-15-5-2-6-16-12/h1-6,14H,7-9H2. The third-order valence-corrected chi connectivity index (χ3v) is 2.70. The number of hydrogen-bond acceptors (Lipinski definition) is 5. The minimum absolute atomic E-state index is 0.300. The number of rotatable bonds is 4. The summed E-state index contributed by atoms with van der Waals surface area (Å²) in [7, 11) is 0. The third kappa shape index (κ3) is 2.26. The molecule has 18 heavy (non-hydrogen) atoms. The van der Waals surface area contributed by atoms with Crippen molar-refractivity contribution in [3.63, 3.8) is 0 Å². The van der Waals surface area contributed by atoms with E-state index in [1.807, 2.05) is 18.2 Å². The van der Waals surface area contributed by atoms with Crippen molar-refractivity contribution in [2.75, 3.05) is 6.79 Å². The second kappa shape index (κ2) is 5.01. The van der Waals surface area contributed by atoms with Crippen LogP contribution in [0.1, 0.15) is 11.4 Å². The van der Waals surface area contributed by atoms with Crippen LogP contribution in [0.3, 0.4) is 0 Å². The molecular weight excluding hydrogens is 230 g/mol. The van der Waals surface area contributed by atoms with Gasteiger partial charge in [-0.3, -0.25) is 0 Å². The van der Waals surface area contributed by atoms with Crippen LogP contribution in [0.15, 0.2) is 36.7 Å². The number of nitrogens with one attached hydrogen (secondary N) is 1. The van der Waals surface area contributed by atoms with Crippen LogP contribution in [0.25, 0.3) is 0 Å². The Labute approximate surface area is 105 Å². The van der Waals surface area contributed by atoms with Crippen LogP contribution >= 0.6 is 0 Å². The highest BCUT2D eigenvalue weighted by molar-refractivity contribution is 5.48. The van der Waals surface area contributed by atoms with E-state index in [1.165, 1.54) is 0 Å². The van der Waals surface area contributed by atoms with Crippen molar-refractivity contribution in [2.24, 2.45) is 0 Å². The molecule has 0 spiro atoms. The zero-order chi connectivity index (χ0) is 12.2. The fourth-order valence-electron chi connectivity index (χ4n) is 1.86. The minimum Gasteiger partial charge on any atom is -0.454 e. The molecular formula is C13H13N3O2. The highest BCUT2D eigenvalue weighted by Crippen LogP contribution is 2.35.